The van der Waals surface area contributed by atoms with Gasteiger partial charge in [-0.1, -0.05) is 0 Å². The van der Waals surface area contributed by atoms with Crippen molar-refractivity contribution in [2.24, 2.45) is 0 Å². The SMILES string of the molecule is CC(=O)Nc1c(O)ccc(C(C)=O)c1O. The molecule has 0 unspecified atom stereocenters. The largest absolute Gasteiger partial charge is 0.506 e. The summed E-state index contributed by atoms with van der Waals surface area (Å²) in [5.41, 5.74) is -0.0910. The van der Waals surface area contributed by atoms with Crippen LogP contribution < -0.4 is 5.32 Å². The van der Waals surface area contributed by atoms with Crippen LogP contribution in [0.1, 0.15) is 24.2 Å². The second kappa shape index (κ2) is 4.00. The van der Waals surface area contributed by atoms with Gasteiger partial charge in [0.2, 0.25) is 5.91 Å². The lowest BCUT2D eigenvalue weighted by Crippen LogP contribution is -2.07. The molecule has 0 aliphatic carbocycles. The van der Waals surface area contributed by atoms with Gasteiger partial charge in [0.25, 0.3) is 0 Å². The zero-order chi connectivity index (χ0) is 11.6. The van der Waals surface area contributed by atoms with Crippen LogP contribution in [-0.2, 0) is 4.79 Å². The van der Waals surface area contributed by atoms with Gasteiger partial charge in [-0.3, -0.25) is 9.59 Å². The van der Waals surface area contributed by atoms with Crippen LogP contribution in [0, 0.1) is 0 Å². The van der Waals surface area contributed by atoms with Gasteiger partial charge in [-0.15, -0.1) is 0 Å². The first-order chi connectivity index (χ1) is 6.93. The molecule has 0 radical (unpaired) electrons. The Labute approximate surface area is 86.4 Å². The highest BCUT2D eigenvalue weighted by atomic mass is 16.3. The van der Waals surface area contributed by atoms with Crippen molar-refractivity contribution in [1.29, 1.82) is 0 Å². The lowest BCUT2D eigenvalue weighted by molar-refractivity contribution is -0.114. The second-order valence-corrected chi connectivity index (χ2v) is 3.09. The van der Waals surface area contributed by atoms with E-state index >= 15 is 0 Å². The molecule has 5 nitrogen and oxygen atoms in total. The molecule has 1 rings (SSSR count). The third-order valence-electron chi connectivity index (χ3n) is 1.84. The highest BCUT2D eigenvalue weighted by Gasteiger charge is 2.15. The molecule has 0 aliphatic rings. The molecule has 80 valence electrons. The minimum absolute atomic E-state index is 0.0524. The predicted octanol–water partition coefficient (Wildman–Crippen LogP) is 1.26. The van der Waals surface area contributed by atoms with E-state index in [4.69, 9.17) is 0 Å². The van der Waals surface area contributed by atoms with Crippen molar-refractivity contribution >= 4 is 17.4 Å². The Morgan fingerprint density at radius 3 is 2.27 bits per heavy atom. The molecule has 0 fully saturated rings. The van der Waals surface area contributed by atoms with E-state index in [1.54, 1.807) is 0 Å². The molecular weight excluding hydrogens is 198 g/mol. The molecule has 5 heteroatoms. The monoisotopic (exact) mass is 209 g/mol. The lowest BCUT2D eigenvalue weighted by Gasteiger charge is -2.09. The number of carbonyl (C=O) groups is 2. The van der Waals surface area contributed by atoms with Gasteiger partial charge in [-0.25, -0.2) is 0 Å². The Kier molecular flexibility index (Phi) is 2.94. The fourth-order valence-corrected chi connectivity index (χ4v) is 1.16. The maximum Gasteiger partial charge on any atom is 0.221 e. The zero-order valence-electron chi connectivity index (χ0n) is 8.37. The number of ketones is 1. The van der Waals surface area contributed by atoms with Gasteiger partial charge in [0.1, 0.15) is 11.4 Å². The number of hydrogen-bond acceptors (Lipinski definition) is 4. The van der Waals surface area contributed by atoms with Crippen molar-refractivity contribution in [1.82, 2.24) is 0 Å². The summed E-state index contributed by atoms with van der Waals surface area (Å²) in [6.07, 6.45) is 0. The van der Waals surface area contributed by atoms with Crippen molar-refractivity contribution in [3.05, 3.63) is 17.7 Å². The van der Waals surface area contributed by atoms with E-state index in [9.17, 15) is 19.8 Å². The van der Waals surface area contributed by atoms with Gasteiger partial charge < -0.3 is 15.5 Å². The van der Waals surface area contributed by atoms with Crippen LogP contribution in [0.4, 0.5) is 5.69 Å². The van der Waals surface area contributed by atoms with E-state index in [1.165, 1.54) is 26.0 Å². The Morgan fingerprint density at radius 2 is 1.80 bits per heavy atom. The van der Waals surface area contributed by atoms with E-state index < -0.39 is 11.7 Å². The number of Topliss-reactive ketones (excluding diaryl/α,β-unsaturated/α-hetero) is 1. The first-order valence-corrected chi connectivity index (χ1v) is 4.27. The quantitative estimate of drug-likeness (QED) is 0.505. The van der Waals surface area contributed by atoms with Crippen LogP contribution in [-0.4, -0.2) is 21.9 Å². The first kappa shape index (κ1) is 11.0. The number of aromatic hydroxyl groups is 2. The van der Waals surface area contributed by atoms with Crippen molar-refractivity contribution in [3.63, 3.8) is 0 Å². The molecule has 0 spiro atoms. The topological polar surface area (TPSA) is 86.6 Å². The minimum Gasteiger partial charge on any atom is -0.506 e. The molecular formula is C10H11NO4. The van der Waals surface area contributed by atoms with Crippen molar-refractivity contribution < 1.29 is 19.8 Å². The van der Waals surface area contributed by atoms with Gasteiger partial charge in [0, 0.05) is 6.92 Å². The summed E-state index contributed by atoms with van der Waals surface area (Å²) < 4.78 is 0. The highest BCUT2D eigenvalue weighted by molar-refractivity contribution is 6.01. The van der Waals surface area contributed by atoms with Crippen molar-refractivity contribution in [2.45, 2.75) is 13.8 Å². The molecule has 1 aromatic carbocycles. The van der Waals surface area contributed by atoms with E-state index in [-0.39, 0.29) is 22.8 Å². The molecule has 1 amide bonds. The third kappa shape index (κ3) is 2.25. The van der Waals surface area contributed by atoms with Crippen LogP contribution in [0.3, 0.4) is 0 Å². The third-order valence-corrected chi connectivity index (χ3v) is 1.84. The van der Waals surface area contributed by atoms with Gasteiger partial charge in [-0.2, -0.15) is 0 Å². The number of benzene rings is 1. The zero-order valence-corrected chi connectivity index (χ0v) is 8.37. The summed E-state index contributed by atoms with van der Waals surface area (Å²) in [4.78, 5) is 21.8. The maximum atomic E-state index is 11.1. The Balaban J connectivity index is 3.29. The summed E-state index contributed by atoms with van der Waals surface area (Å²) >= 11 is 0. The maximum absolute atomic E-state index is 11.1. The van der Waals surface area contributed by atoms with Gasteiger partial charge in [0.15, 0.2) is 11.5 Å². The normalized spacial score (nSPS) is 9.73. The predicted molar refractivity (Wildman–Crippen MR) is 54.1 cm³/mol. The summed E-state index contributed by atoms with van der Waals surface area (Å²) in [5, 5.41) is 21.2. The molecule has 15 heavy (non-hydrogen) atoms. The number of anilines is 1. The Hall–Kier alpha value is -2.04. The Bertz CT molecular complexity index is 426. The van der Waals surface area contributed by atoms with Gasteiger partial charge >= 0.3 is 0 Å². The molecule has 1 aromatic rings. The van der Waals surface area contributed by atoms with Crippen LogP contribution >= 0.6 is 0 Å². The van der Waals surface area contributed by atoms with E-state index in [0.717, 1.165) is 0 Å². The molecule has 0 saturated heterocycles. The summed E-state index contributed by atoms with van der Waals surface area (Å²) in [6, 6.07) is 2.53. The number of carbonyl (C=O) groups excluding carboxylic acids is 2. The van der Waals surface area contributed by atoms with E-state index in [1.807, 2.05) is 0 Å². The van der Waals surface area contributed by atoms with Crippen molar-refractivity contribution in [3.8, 4) is 11.5 Å². The molecule has 0 bridgehead atoms. The summed E-state index contributed by atoms with van der Waals surface area (Å²) in [5.74, 6) is -1.49. The van der Waals surface area contributed by atoms with E-state index in [0.29, 0.717) is 0 Å². The summed E-state index contributed by atoms with van der Waals surface area (Å²) in [7, 11) is 0. The van der Waals surface area contributed by atoms with Crippen molar-refractivity contribution in [2.75, 3.05) is 5.32 Å². The van der Waals surface area contributed by atoms with Crippen LogP contribution in [0.25, 0.3) is 0 Å². The van der Waals surface area contributed by atoms with Crippen LogP contribution in [0.5, 0.6) is 11.5 Å². The average Bonchev–Trinajstić information content (AvgIpc) is 2.11. The molecule has 0 atom stereocenters. The number of nitrogens with one attached hydrogen (secondary N) is 1. The number of phenols is 2. The first-order valence-electron chi connectivity index (χ1n) is 4.27. The van der Waals surface area contributed by atoms with Gasteiger partial charge in [0.05, 0.1) is 5.56 Å². The number of phenolic OH excluding ortho intramolecular Hbond substituents is 2. The smallest absolute Gasteiger partial charge is 0.221 e. The number of amides is 1. The molecule has 0 saturated carbocycles. The summed E-state index contributed by atoms with van der Waals surface area (Å²) in [6.45, 7) is 2.52. The average molecular weight is 209 g/mol. The molecule has 0 heterocycles. The lowest BCUT2D eigenvalue weighted by atomic mass is 10.1. The molecule has 0 aromatic heterocycles. The fourth-order valence-electron chi connectivity index (χ4n) is 1.16. The fraction of sp³-hybridized carbons (Fsp3) is 0.200. The second-order valence-electron chi connectivity index (χ2n) is 3.09. The van der Waals surface area contributed by atoms with Gasteiger partial charge in [-0.05, 0) is 19.1 Å². The Morgan fingerprint density at radius 1 is 1.20 bits per heavy atom. The number of rotatable bonds is 2. The molecule has 3 N–H and O–H groups in total. The van der Waals surface area contributed by atoms with Crippen LogP contribution in [0.2, 0.25) is 0 Å². The standard InChI is InChI=1S/C10H11NO4/c1-5(12)7-3-4-8(14)9(10(7)15)11-6(2)13/h3-4,14-15H,1-2H3,(H,11,13). The molecule has 0 aliphatic heterocycles. The number of hydrogen-bond donors (Lipinski definition) is 3. The highest BCUT2D eigenvalue weighted by Crippen LogP contribution is 2.36. The van der Waals surface area contributed by atoms with Crippen LogP contribution in [0.15, 0.2) is 12.1 Å². The van der Waals surface area contributed by atoms with E-state index in [2.05, 4.69) is 5.32 Å². The minimum atomic E-state index is -0.443.